The average Bonchev–Trinajstić information content (AvgIpc) is 3.54. The maximum absolute atomic E-state index is 13.7. The number of furan rings is 1. The molecule has 1 fully saturated rings. The maximum Gasteiger partial charge on any atom is 0.264 e. The second-order valence-electron chi connectivity index (χ2n) is 8.75. The zero-order chi connectivity index (χ0) is 22.9. The Hall–Kier alpha value is -2.97. The third-order valence-corrected chi connectivity index (χ3v) is 7.50. The lowest BCUT2D eigenvalue weighted by Gasteiger charge is -2.36. The Morgan fingerprint density at radius 2 is 2.00 bits per heavy atom. The smallest absolute Gasteiger partial charge is 0.264 e. The van der Waals surface area contributed by atoms with Crippen molar-refractivity contribution in [3.05, 3.63) is 76.4 Å². The predicted molar refractivity (Wildman–Crippen MR) is 127 cm³/mol. The molecule has 4 heterocycles. The van der Waals surface area contributed by atoms with Crippen LogP contribution in [0.25, 0.3) is 10.2 Å². The zero-order valence-electron chi connectivity index (χ0n) is 18.8. The van der Waals surface area contributed by atoms with E-state index in [2.05, 4.69) is 17.0 Å². The highest BCUT2D eigenvalue weighted by Crippen LogP contribution is 2.31. The molecule has 0 spiro atoms. The number of aryl methyl sites for hydroxylation is 1. The minimum atomic E-state index is -0.255. The molecule has 1 saturated heterocycles. The van der Waals surface area contributed by atoms with E-state index in [1.54, 1.807) is 18.4 Å². The predicted octanol–water partition coefficient (Wildman–Crippen LogP) is 4.92. The SMILES string of the molecule is Cc1nn(Cc2ccc(F)cc2)c2sc(C(=O)N(Cc3ccco3)C3CCN(C)CC3)cc12. The molecule has 1 amide bonds. The van der Waals surface area contributed by atoms with Crippen LogP contribution in [0.2, 0.25) is 0 Å². The molecule has 0 aliphatic carbocycles. The van der Waals surface area contributed by atoms with Gasteiger partial charge in [-0.25, -0.2) is 4.39 Å². The van der Waals surface area contributed by atoms with Crippen molar-refractivity contribution in [1.82, 2.24) is 19.6 Å². The fourth-order valence-electron chi connectivity index (χ4n) is 4.47. The van der Waals surface area contributed by atoms with Crippen LogP contribution < -0.4 is 0 Å². The van der Waals surface area contributed by atoms with Crippen molar-refractivity contribution in [2.45, 2.75) is 38.9 Å². The van der Waals surface area contributed by atoms with Crippen LogP contribution in [0.15, 0.2) is 53.1 Å². The number of benzene rings is 1. The van der Waals surface area contributed by atoms with Crippen LogP contribution in [0.1, 0.15) is 39.5 Å². The van der Waals surface area contributed by atoms with E-state index < -0.39 is 0 Å². The number of thiophene rings is 1. The number of halogens is 1. The van der Waals surface area contributed by atoms with Crippen molar-refractivity contribution in [2.75, 3.05) is 20.1 Å². The Labute approximate surface area is 196 Å². The molecule has 3 aromatic heterocycles. The van der Waals surface area contributed by atoms with Crippen LogP contribution in [0, 0.1) is 12.7 Å². The largest absolute Gasteiger partial charge is 0.467 e. The molecule has 4 aromatic rings. The van der Waals surface area contributed by atoms with Gasteiger partial charge in [-0.1, -0.05) is 12.1 Å². The van der Waals surface area contributed by atoms with Crippen LogP contribution in [-0.4, -0.2) is 51.7 Å². The number of nitrogens with zero attached hydrogens (tertiary/aromatic N) is 4. The summed E-state index contributed by atoms with van der Waals surface area (Å²) >= 11 is 1.47. The number of rotatable bonds is 6. The van der Waals surface area contributed by atoms with Gasteiger partial charge in [0.2, 0.25) is 0 Å². The molecule has 0 bridgehead atoms. The third kappa shape index (κ3) is 4.58. The molecular formula is C25H27FN4O2S. The Morgan fingerprint density at radius 1 is 1.24 bits per heavy atom. The van der Waals surface area contributed by atoms with Crippen LogP contribution in [0.3, 0.4) is 0 Å². The Balaban J connectivity index is 1.44. The molecule has 8 heteroatoms. The molecule has 5 rings (SSSR count). The first-order chi connectivity index (χ1) is 16.0. The number of carbonyl (C=O) groups excluding carboxylic acids is 1. The van der Waals surface area contributed by atoms with Gasteiger partial charge in [0.25, 0.3) is 5.91 Å². The molecule has 33 heavy (non-hydrogen) atoms. The Bertz CT molecular complexity index is 1240. The number of amides is 1. The van der Waals surface area contributed by atoms with Gasteiger partial charge in [0.05, 0.1) is 29.9 Å². The van der Waals surface area contributed by atoms with E-state index in [-0.39, 0.29) is 17.8 Å². The van der Waals surface area contributed by atoms with E-state index in [1.807, 2.05) is 34.7 Å². The lowest BCUT2D eigenvalue weighted by molar-refractivity contribution is 0.0555. The standard InChI is InChI=1S/C25H27FN4O2S/c1-17-22-14-23(33-25(22)30(27-17)15-18-5-7-19(26)8-6-18)24(31)29(16-21-4-3-13-32-21)20-9-11-28(2)12-10-20/h3-8,13-14,20H,9-12,15-16H2,1-2H3. The number of hydrogen-bond acceptors (Lipinski definition) is 5. The molecule has 172 valence electrons. The van der Waals surface area contributed by atoms with Crippen molar-refractivity contribution >= 4 is 27.5 Å². The van der Waals surface area contributed by atoms with Gasteiger partial charge in [-0.15, -0.1) is 11.3 Å². The summed E-state index contributed by atoms with van der Waals surface area (Å²) in [6.45, 7) is 4.91. The summed E-state index contributed by atoms with van der Waals surface area (Å²) in [5, 5.41) is 5.65. The highest BCUT2D eigenvalue weighted by atomic mass is 32.1. The molecule has 0 radical (unpaired) electrons. The van der Waals surface area contributed by atoms with Crippen molar-refractivity contribution in [1.29, 1.82) is 0 Å². The van der Waals surface area contributed by atoms with Gasteiger partial charge in [-0.2, -0.15) is 5.10 Å². The second kappa shape index (κ2) is 9.11. The van der Waals surface area contributed by atoms with Gasteiger partial charge in [0.1, 0.15) is 16.4 Å². The fourth-order valence-corrected chi connectivity index (χ4v) is 5.59. The van der Waals surface area contributed by atoms with Gasteiger partial charge >= 0.3 is 0 Å². The summed E-state index contributed by atoms with van der Waals surface area (Å²) in [6, 6.07) is 12.4. The van der Waals surface area contributed by atoms with Crippen LogP contribution in [0.4, 0.5) is 4.39 Å². The van der Waals surface area contributed by atoms with E-state index >= 15 is 0 Å². The molecule has 0 N–H and O–H groups in total. The third-order valence-electron chi connectivity index (χ3n) is 6.36. The normalized spacial score (nSPS) is 15.4. The number of carbonyl (C=O) groups is 1. The highest BCUT2D eigenvalue weighted by Gasteiger charge is 2.30. The minimum Gasteiger partial charge on any atom is -0.467 e. The second-order valence-corrected chi connectivity index (χ2v) is 9.78. The average molecular weight is 467 g/mol. The number of likely N-dealkylation sites (tertiary alicyclic amines) is 1. The van der Waals surface area contributed by atoms with E-state index in [0.717, 1.165) is 53.2 Å². The number of hydrogen-bond donors (Lipinski definition) is 0. The van der Waals surface area contributed by atoms with Gasteiger partial charge in [-0.3, -0.25) is 9.48 Å². The highest BCUT2D eigenvalue weighted by molar-refractivity contribution is 7.20. The summed E-state index contributed by atoms with van der Waals surface area (Å²) in [5.41, 5.74) is 1.85. The van der Waals surface area contributed by atoms with Gasteiger partial charge in [0.15, 0.2) is 0 Å². The monoisotopic (exact) mass is 466 g/mol. The lowest BCUT2D eigenvalue weighted by atomic mass is 10.0. The van der Waals surface area contributed by atoms with Crippen LogP contribution in [0.5, 0.6) is 0 Å². The Morgan fingerprint density at radius 3 is 2.70 bits per heavy atom. The molecule has 1 aliphatic heterocycles. The number of piperidine rings is 1. The fraction of sp³-hybridized carbons (Fsp3) is 0.360. The topological polar surface area (TPSA) is 54.5 Å². The van der Waals surface area contributed by atoms with Crippen molar-refractivity contribution in [2.24, 2.45) is 0 Å². The van der Waals surface area contributed by atoms with E-state index in [1.165, 1.54) is 23.5 Å². The summed E-state index contributed by atoms with van der Waals surface area (Å²) in [7, 11) is 2.12. The zero-order valence-corrected chi connectivity index (χ0v) is 19.6. The van der Waals surface area contributed by atoms with Crippen molar-refractivity contribution in [3.8, 4) is 0 Å². The van der Waals surface area contributed by atoms with E-state index in [4.69, 9.17) is 4.42 Å². The molecule has 6 nitrogen and oxygen atoms in total. The first-order valence-electron chi connectivity index (χ1n) is 11.2. The molecule has 0 unspecified atom stereocenters. The molecule has 1 aliphatic rings. The van der Waals surface area contributed by atoms with E-state index in [9.17, 15) is 9.18 Å². The summed E-state index contributed by atoms with van der Waals surface area (Å²) in [6.07, 6.45) is 3.55. The molecular weight excluding hydrogens is 439 g/mol. The van der Waals surface area contributed by atoms with Crippen molar-refractivity contribution in [3.63, 3.8) is 0 Å². The lowest BCUT2D eigenvalue weighted by Crippen LogP contribution is -2.46. The summed E-state index contributed by atoms with van der Waals surface area (Å²) in [5.74, 6) is 0.576. The van der Waals surface area contributed by atoms with Gasteiger partial charge < -0.3 is 14.2 Å². The van der Waals surface area contributed by atoms with Gasteiger partial charge in [0, 0.05) is 11.4 Å². The first-order valence-corrected chi connectivity index (χ1v) is 12.0. The Kier molecular flexibility index (Phi) is 6.03. The van der Waals surface area contributed by atoms with Crippen LogP contribution >= 0.6 is 11.3 Å². The van der Waals surface area contributed by atoms with Gasteiger partial charge in [-0.05, 0) is 75.8 Å². The van der Waals surface area contributed by atoms with E-state index in [0.29, 0.717) is 18.0 Å². The first kappa shape index (κ1) is 21.9. The summed E-state index contributed by atoms with van der Waals surface area (Å²) < 4.78 is 20.8. The van der Waals surface area contributed by atoms with Crippen LogP contribution in [-0.2, 0) is 13.1 Å². The quantitative estimate of drug-likeness (QED) is 0.405. The number of fused-ring (bicyclic) bond motifs is 1. The maximum atomic E-state index is 13.7. The molecule has 0 atom stereocenters. The minimum absolute atomic E-state index is 0.0369. The molecule has 0 saturated carbocycles. The van der Waals surface area contributed by atoms with Crippen molar-refractivity contribution < 1.29 is 13.6 Å². The number of aromatic nitrogens is 2. The molecule has 1 aromatic carbocycles. The summed E-state index contributed by atoms with van der Waals surface area (Å²) in [4.78, 5) is 19.7.